The Labute approximate surface area is 108 Å². The third kappa shape index (κ3) is 3.41. The summed E-state index contributed by atoms with van der Waals surface area (Å²) in [5.41, 5.74) is 0.651. The summed E-state index contributed by atoms with van der Waals surface area (Å²) in [6.07, 6.45) is -5.90. The summed E-state index contributed by atoms with van der Waals surface area (Å²) in [6, 6.07) is 5.86. The van der Waals surface area contributed by atoms with Crippen LogP contribution in [0.5, 0.6) is 0 Å². The van der Waals surface area contributed by atoms with Crippen LogP contribution >= 0.6 is 12.2 Å². The molecule has 0 fully saturated rings. The van der Waals surface area contributed by atoms with E-state index in [2.05, 4.69) is 12.2 Å². The summed E-state index contributed by atoms with van der Waals surface area (Å²) < 4.78 is 56.5. The zero-order chi connectivity index (χ0) is 13.9. The monoisotopic (exact) mass is 280 g/mol. The Kier molecular flexibility index (Phi) is 4.67. The SMILES string of the molecule is CC(=S)OC(c1cccc(C)c1)C(F)(F)C(F)F. The molecule has 1 aromatic carbocycles. The Bertz CT molecular complexity index is 434. The molecular formula is C12H12F4OS. The lowest BCUT2D eigenvalue weighted by atomic mass is 10.0. The molecule has 0 aromatic heterocycles. The first-order chi connectivity index (χ1) is 8.25. The molecule has 0 aliphatic carbocycles. The fourth-order valence-corrected chi connectivity index (χ4v) is 1.58. The van der Waals surface area contributed by atoms with Gasteiger partial charge in [-0.2, -0.15) is 8.78 Å². The van der Waals surface area contributed by atoms with Crippen molar-refractivity contribution in [1.82, 2.24) is 0 Å². The molecule has 1 aromatic rings. The fraction of sp³-hybridized carbons (Fsp3) is 0.417. The Morgan fingerprint density at radius 1 is 1.33 bits per heavy atom. The van der Waals surface area contributed by atoms with Crippen molar-refractivity contribution in [1.29, 1.82) is 0 Å². The molecule has 0 saturated heterocycles. The number of hydrogen-bond acceptors (Lipinski definition) is 2. The minimum absolute atomic E-state index is 0.0236. The van der Waals surface area contributed by atoms with E-state index < -0.39 is 18.5 Å². The molecule has 1 unspecified atom stereocenters. The van der Waals surface area contributed by atoms with Gasteiger partial charge in [-0.3, -0.25) is 0 Å². The van der Waals surface area contributed by atoms with E-state index in [1.807, 2.05) is 0 Å². The predicted octanol–water partition coefficient (Wildman–Crippen LogP) is 4.30. The normalized spacial score (nSPS) is 13.5. The molecule has 0 saturated carbocycles. The van der Waals surface area contributed by atoms with Crippen molar-refractivity contribution < 1.29 is 22.3 Å². The molecule has 0 aliphatic heterocycles. The second kappa shape index (κ2) is 5.65. The van der Waals surface area contributed by atoms with Crippen LogP contribution in [0.15, 0.2) is 24.3 Å². The van der Waals surface area contributed by atoms with Gasteiger partial charge < -0.3 is 4.74 Å². The van der Waals surface area contributed by atoms with Crippen LogP contribution in [0.3, 0.4) is 0 Å². The summed E-state index contributed by atoms with van der Waals surface area (Å²) in [7, 11) is 0. The minimum Gasteiger partial charge on any atom is -0.473 e. The van der Waals surface area contributed by atoms with Crippen molar-refractivity contribution in [2.24, 2.45) is 0 Å². The highest BCUT2D eigenvalue weighted by Crippen LogP contribution is 2.39. The molecule has 18 heavy (non-hydrogen) atoms. The minimum atomic E-state index is -4.30. The molecule has 1 rings (SSSR count). The zero-order valence-electron chi connectivity index (χ0n) is 9.79. The van der Waals surface area contributed by atoms with Crippen LogP contribution in [0.2, 0.25) is 0 Å². The first kappa shape index (κ1) is 14.9. The molecule has 0 bridgehead atoms. The zero-order valence-corrected chi connectivity index (χ0v) is 10.6. The lowest BCUT2D eigenvalue weighted by Crippen LogP contribution is -2.36. The van der Waals surface area contributed by atoms with E-state index in [1.165, 1.54) is 25.1 Å². The standard InChI is InChI=1S/C12H12F4OS/c1-7-4-3-5-9(6-7)10(17-8(2)18)12(15,16)11(13)14/h3-6,10-11H,1-2H3. The molecule has 0 heterocycles. The van der Waals surface area contributed by atoms with Gasteiger partial charge in [-0.05, 0) is 24.7 Å². The average Bonchev–Trinajstić information content (AvgIpc) is 2.25. The lowest BCUT2D eigenvalue weighted by Gasteiger charge is -2.27. The van der Waals surface area contributed by atoms with Gasteiger partial charge in [0.05, 0.1) is 0 Å². The van der Waals surface area contributed by atoms with Crippen LogP contribution in [0.1, 0.15) is 24.2 Å². The summed E-state index contributed by atoms with van der Waals surface area (Å²) in [5, 5.41) is -0.207. The number of thiocarbonyl (C=S) groups is 1. The number of rotatable bonds is 4. The van der Waals surface area contributed by atoms with Crippen molar-refractivity contribution in [2.45, 2.75) is 32.3 Å². The van der Waals surface area contributed by atoms with E-state index in [1.54, 1.807) is 13.0 Å². The van der Waals surface area contributed by atoms with Crippen molar-refractivity contribution in [3.63, 3.8) is 0 Å². The fourth-order valence-electron chi connectivity index (χ4n) is 1.48. The highest BCUT2D eigenvalue weighted by atomic mass is 32.1. The Morgan fingerprint density at radius 3 is 2.39 bits per heavy atom. The Balaban J connectivity index is 3.17. The maximum absolute atomic E-state index is 13.5. The number of ether oxygens (including phenoxy) is 1. The van der Waals surface area contributed by atoms with Crippen molar-refractivity contribution in [3.8, 4) is 0 Å². The molecule has 0 amide bonds. The molecular weight excluding hydrogens is 268 g/mol. The van der Waals surface area contributed by atoms with E-state index in [0.29, 0.717) is 5.56 Å². The Morgan fingerprint density at radius 2 is 1.94 bits per heavy atom. The van der Waals surface area contributed by atoms with Crippen LogP contribution in [-0.2, 0) is 4.74 Å². The maximum Gasteiger partial charge on any atom is 0.347 e. The van der Waals surface area contributed by atoms with Crippen LogP contribution in [-0.4, -0.2) is 17.4 Å². The average molecular weight is 280 g/mol. The van der Waals surface area contributed by atoms with Crippen LogP contribution in [0.25, 0.3) is 0 Å². The van der Waals surface area contributed by atoms with E-state index >= 15 is 0 Å². The van der Waals surface area contributed by atoms with Crippen LogP contribution < -0.4 is 0 Å². The number of aryl methyl sites for hydroxylation is 1. The van der Waals surface area contributed by atoms with Crippen molar-refractivity contribution in [2.75, 3.05) is 0 Å². The predicted molar refractivity (Wildman–Crippen MR) is 64.2 cm³/mol. The molecule has 0 aliphatic rings. The molecule has 100 valence electrons. The van der Waals surface area contributed by atoms with Gasteiger partial charge in [-0.25, -0.2) is 8.78 Å². The second-order valence-electron chi connectivity index (χ2n) is 3.88. The van der Waals surface area contributed by atoms with Crippen molar-refractivity contribution in [3.05, 3.63) is 35.4 Å². The van der Waals surface area contributed by atoms with Gasteiger partial charge in [0.15, 0.2) is 11.2 Å². The molecule has 0 N–H and O–H groups in total. The molecule has 1 nitrogen and oxygen atoms in total. The van der Waals surface area contributed by atoms with Crippen molar-refractivity contribution >= 4 is 17.3 Å². The molecule has 1 atom stereocenters. The van der Waals surface area contributed by atoms with Gasteiger partial charge >= 0.3 is 12.3 Å². The molecule has 6 heteroatoms. The maximum atomic E-state index is 13.5. The summed E-state index contributed by atoms with van der Waals surface area (Å²) in [5.74, 6) is -4.30. The van der Waals surface area contributed by atoms with Gasteiger partial charge in [-0.1, -0.05) is 29.8 Å². The second-order valence-corrected chi connectivity index (χ2v) is 4.45. The topological polar surface area (TPSA) is 9.23 Å². The Hall–Kier alpha value is -1.17. The number of hydrogen-bond donors (Lipinski definition) is 0. The van der Waals surface area contributed by atoms with Gasteiger partial charge in [0, 0.05) is 6.92 Å². The largest absolute Gasteiger partial charge is 0.473 e. The number of benzene rings is 1. The smallest absolute Gasteiger partial charge is 0.347 e. The quantitative estimate of drug-likeness (QED) is 0.600. The highest BCUT2D eigenvalue weighted by molar-refractivity contribution is 7.80. The van der Waals surface area contributed by atoms with Gasteiger partial charge in [0.25, 0.3) is 0 Å². The number of alkyl halides is 4. The molecule has 0 spiro atoms. The van der Waals surface area contributed by atoms with E-state index in [-0.39, 0.29) is 10.6 Å². The highest BCUT2D eigenvalue weighted by Gasteiger charge is 2.51. The number of halogens is 4. The van der Waals surface area contributed by atoms with Gasteiger partial charge in [-0.15, -0.1) is 0 Å². The van der Waals surface area contributed by atoms with Gasteiger partial charge in [0.1, 0.15) is 0 Å². The van der Waals surface area contributed by atoms with E-state index in [9.17, 15) is 17.6 Å². The summed E-state index contributed by atoms with van der Waals surface area (Å²) in [4.78, 5) is 0. The third-order valence-electron chi connectivity index (χ3n) is 2.27. The summed E-state index contributed by atoms with van der Waals surface area (Å²) >= 11 is 4.56. The van der Waals surface area contributed by atoms with E-state index in [0.717, 1.165) is 0 Å². The first-order valence-electron chi connectivity index (χ1n) is 5.15. The summed E-state index contributed by atoms with van der Waals surface area (Å²) in [6.45, 7) is 2.94. The lowest BCUT2D eigenvalue weighted by molar-refractivity contribution is -0.188. The third-order valence-corrected chi connectivity index (χ3v) is 2.37. The first-order valence-corrected chi connectivity index (χ1v) is 5.55. The molecule has 0 radical (unpaired) electrons. The van der Waals surface area contributed by atoms with Gasteiger partial charge in [0.2, 0.25) is 0 Å². The van der Waals surface area contributed by atoms with E-state index in [4.69, 9.17) is 4.74 Å². The van der Waals surface area contributed by atoms with Crippen LogP contribution in [0, 0.1) is 6.92 Å². The van der Waals surface area contributed by atoms with Crippen LogP contribution in [0.4, 0.5) is 17.6 Å².